The van der Waals surface area contributed by atoms with Gasteiger partial charge in [-0.05, 0) is 42.9 Å². The highest BCUT2D eigenvalue weighted by molar-refractivity contribution is 8.29. The van der Waals surface area contributed by atoms with Crippen molar-refractivity contribution < 1.29 is 8.85 Å². The van der Waals surface area contributed by atoms with Crippen molar-refractivity contribution in [1.29, 1.82) is 0 Å². The third-order valence-electron chi connectivity index (χ3n) is 8.50. The predicted octanol–water partition coefficient (Wildman–Crippen LogP) is 12.3. The van der Waals surface area contributed by atoms with Gasteiger partial charge in [0.15, 0.2) is 0 Å². The van der Waals surface area contributed by atoms with E-state index in [0.29, 0.717) is 0 Å². The first-order valence-electron chi connectivity index (χ1n) is 16.8. The third kappa shape index (κ3) is 22.1. The van der Waals surface area contributed by atoms with Crippen molar-refractivity contribution in [2.24, 2.45) is 0 Å². The molecule has 0 saturated carbocycles. The Bertz CT molecular complexity index is 444. The van der Waals surface area contributed by atoms with Crippen molar-refractivity contribution in [2.45, 2.75) is 186 Å². The van der Waals surface area contributed by atoms with Crippen LogP contribution in [0.3, 0.4) is 0 Å². The van der Waals surface area contributed by atoms with Gasteiger partial charge in [-0.25, -0.2) is 0 Å². The Labute approximate surface area is 241 Å². The van der Waals surface area contributed by atoms with Crippen molar-refractivity contribution in [3.63, 3.8) is 0 Å². The van der Waals surface area contributed by atoms with Gasteiger partial charge in [-0.1, -0.05) is 149 Å². The molecule has 5 heteroatoms. The molecule has 0 aromatic carbocycles. The summed E-state index contributed by atoms with van der Waals surface area (Å²) in [5, 5.41) is 0. The summed E-state index contributed by atoms with van der Waals surface area (Å²) in [4.78, 5) is 0. The highest BCUT2D eigenvalue weighted by Crippen LogP contribution is 2.39. The average molecular weight is 575 g/mol. The number of hydrogen-bond donors (Lipinski definition) is 0. The van der Waals surface area contributed by atoms with Gasteiger partial charge in [0, 0.05) is 14.2 Å². The summed E-state index contributed by atoms with van der Waals surface area (Å²) >= 11 is 2.49. The highest BCUT2D eigenvalue weighted by Gasteiger charge is 2.33. The summed E-state index contributed by atoms with van der Waals surface area (Å²) in [6.07, 6.45) is 30.2. The van der Waals surface area contributed by atoms with E-state index in [2.05, 4.69) is 38.5 Å². The second-order valence-electron chi connectivity index (χ2n) is 11.9. The number of rotatable bonds is 30. The van der Waals surface area contributed by atoms with Gasteiger partial charge in [0.2, 0.25) is 0 Å². The number of hydrogen-bond acceptors (Lipinski definition) is 3. The zero-order chi connectivity index (χ0) is 27.5. The van der Waals surface area contributed by atoms with Crippen LogP contribution in [0.4, 0.5) is 0 Å². The zero-order valence-corrected chi connectivity index (χ0v) is 29.4. The van der Waals surface area contributed by atoms with Crippen molar-refractivity contribution in [1.82, 2.24) is 0 Å². The Balaban J connectivity index is 4.97. The lowest BCUT2D eigenvalue weighted by Crippen LogP contribution is -2.36. The molecule has 0 unspecified atom stereocenters. The van der Waals surface area contributed by atoms with Gasteiger partial charge in [0.25, 0.3) is 0 Å². The van der Waals surface area contributed by atoms with E-state index in [9.17, 15) is 0 Å². The second kappa shape index (κ2) is 26.9. The van der Waals surface area contributed by atoms with E-state index < -0.39 is 15.8 Å². The summed E-state index contributed by atoms with van der Waals surface area (Å²) < 4.78 is 11.6. The monoisotopic (exact) mass is 574 g/mol. The van der Waals surface area contributed by atoms with Crippen molar-refractivity contribution in [2.75, 3.05) is 20.0 Å². The smallest absolute Gasteiger partial charge is 0.334 e. The lowest BCUT2D eigenvalue weighted by Gasteiger charge is -2.32. The first kappa shape index (κ1) is 37.7. The van der Waals surface area contributed by atoms with E-state index in [4.69, 9.17) is 8.85 Å². The van der Waals surface area contributed by atoms with Gasteiger partial charge in [0.05, 0.1) is 0 Å². The molecule has 0 aliphatic rings. The van der Waals surface area contributed by atoms with Gasteiger partial charge in [0.1, 0.15) is 7.22 Å². The minimum absolute atomic E-state index is 1.14. The third-order valence-corrected chi connectivity index (χ3v) is 20.7. The van der Waals surface area contributed by atoms with Crippen LogP contribution in [0.5, 0.6) is 0 Å². The fraction of sp³-hybridized carbons (Fsp3) is 1.00. The van der Waals surface area contributed by atoms with Gasteiger partial charge in [-0.3, -0.25) is 0 Å². The Morgan fingerprint density at radius 2 is 0.757 bits per heavy atom. The molecule has 0 N–H and O–H groups in total. The number of unbranched alkanes of at least 4 members (excludes halogenated alkanes) is 17. The quantitative estimate of drug-likeness (QED) is 0.0627. The van der Waals surface area contributed by atoms with Gasteiger partial charge < -0.3 is 8.85 Å². The molecule has 37 heavy (non-hydrogen) atoms. The minimum Gasteiger partial charge on any atom is -0.398 e. The van der Waals surface area contributed by atoms with Crippen molar-refractivity contribution >= 4 is 27.0 Å². The summed E-state index contributed by atoms with van der Waals surface area (Å²) in [5.74, 6) is 1.34. The minimum atomic E-state index is -1.93. The molecule has 0 spiro atoms. The highest BCUT2D eigenvalue weighted by atomic mass is 32.4. The molecule has 0 fully saturated rings. The van der Waals surface area contributed by atoms with Crippen LogP contribution in [-0.4, -0.2) is 35.8 Å². The predicted molar refractivity (Wildman–Crippen MR) is 177 cm³/mol. The van der Waals surface area contributed by atoms with Crippen LogP contribution in [0, 0.1) is 0 Å². The van der Waals surface area contributed by atoms with E-state index in [1.54, 1.807) is 18.1 Å². The fourth-order valence-electron chi connectivity index (χ4n) is 5.60. The molecular formula is C32H70O2SSi2. The maximum absolute atomic E-state index is 5.79. The summed E-state index contributed by atoms with van der Waals surface area (Å²) in [5.41, 5.74) is 0. The topological polar surface area (TPSA) is 18.5 Å². The van der Waals surface area contributed by atoms with Crippen LogP contribution >= 0.6 is 11.2 Å². The van der Waals surface area contributed by atoms with Crippen molar-refractivity contribution in [3.8, 4) is 0 Å². The van der Waals surface area contributed by atoms with Crippen LogP contribution in [0.15, 0.2) is 0 Å². The molecular weight excluding hydrogens is 505 g/mol. The maximum Gasteiger partial charge on any atom is 0.334 e. The van der Waals surface area contributed by atoms with Crippen LogP contribution in [-0.2, 0) is 8.85 Å². The molecule has 0 saturated heterocycles. The van der Waals surface area contributed by atoms with E-state index in [1.165, 1.54) is 141 Å². The molecule has 0 amide bonds. The largest absolute Gasteiger partial charge is 0.398 e. The van der Waals surface area contributed by atoms with Crippen LogP contribution in [0.2, 0.25) is 30.7 Å². The van der Waals surface area contributed by atoms with Gasteiger partial charge in [-0.2, -0.15) is 11.2 Å². The van der Waals surface area contributed by atoms with E-state index in [0.717, 1.165) is 6.04 Å². The van der Waals surface area contributed by atoms with E-state index >= 15 is 0 Å². The van der Waals surface area contributed by atoms with Crippen LogP contribution in [0.1, 0.15) is 156 Å². The normalized spacial score (nSPS) is 12.5. The summed E-state index contributed by atoms with van der Waals surface area (Å²) in [7, 11) is 0.487. The molecule has 2 nitrogen and oxygen atoms in total. The van der Waals surface area contributed by atoms with Crippen LogP contribution in [0.25, 0.3) is 0 Å². The molecule has 0 rings (SSSR count). The first-order valence-corrected chi connectivity index (χ1v) is 23.6. The standard InChI is InChI=1S/C32H70O2SSi2/c1-7-10-13-16-19-20-23-26-32-37(30-24-21-17-14-11-8-2,31-25-22-18-15-12-9-3)35-28-27-29-36(6,33-4)34-5/h7-32H2,1-6H3. The lowest BCUT2D eigenvalue weighted by atomic mass is 10.1. The molecule has 0 bridgehead atoms. The van der Waals surface area contributed by atoms with Gasteiger partial charge >= 0.3 is 8.56 Å². The molecule has 224 valence electrons. The molecule has 0 heterocycles. The molecule has 0 aliphatic heterocycles. The second-order valence-corrected chi connectivity index (χ2v) is 23.5. The Hall–Kier alpha value is 0.704. The van der Waals surface area contributed by atoms with E-state index in [-0.39, 0.29) is 0 Å². The van der Waals surface area contributed by atoms with Gasteiger partial charge in [-0.15, -0.1) is 0 Å². The maximum atomic E-state index is 5.79. The Kier molecular flexibility index (Phi) is 27.4. The molecule has 0 aromatic rings. The summed E-state index contributed by atoms with van der Waals surface area (Å²) in [6.45, 7) is 9.22. The van der Waals surface area contributed by atoms with Crippen LogP contribution < -0.4 is 0 Å². The fourth-order valence-corrected chi connectivity index (χ4v) is 16.2. The lowest BCUT2D eigenvalue weighted by molar-refractivity contribution is 0.249. The first-order chi connectivity index (χ1) is 18.0. The molecule has 0 aromatic heterocycles. The molecule has 0 radical (unpaired) electrons. The van der Waals surface area contributed by atoms with Crippen molar-refractivity contribution in [3.05, 3.63) is 0 Å². The molecule has 0 aliphatic carbocycles. The molecule has 0 atom stereocenters. The van der Waals surface area contributed by atoms with E-state index in [1.807, 2.05) is 14.2 Å². The average Bonchev–Trinajstić information content (AvgIpc) is 2.91. The Morgan fingerprint density at radius 1 is 0.432 bits per heavy atom. The summed E-state index contributed by atoms with van der Waals surface area (Å²) in [6, 6.07) is 5.89. The Morgan fingerprint density at radius 3 is 1.08 bits per heavy atom. The zero-order valence-electron chi connectivity index (χ0n) is 26.6. The SMILES string of the molecule is CCCCCCCCCC[Si](CCCCCCCC)(CCCCCCCC)SCCC[Si](C)(OC)OC.